The van der Waals surface area contributed by atoms with Crippen molar-refractivity contribution in [3.63, 3.8) is 0 Å². The third-order valence-electron chi connectivity index (χ3n) is 4.41. The molecule has 0 aliphatic heterocycles. The van der Waals surface area contributed by atoms with Crippen LogP contribution in [0.4, 0.5) is 22.7 Å². The zero-order chi connectivity index (χ0) is 24.0. The minimum absolute atomic E-state index is 0.0692. The molecule has 0 atom stereocenters. The highest BCUT2D eigenvalue weighted by molar-refractivity contribution is 7.92. The lowest BCUT2D eigenvalue weighted by atomic mass is 10.2. The Kier molecular flexibility index (Phi) is 7.30. The zero-order valence-corrected chi connectivity index (χ0v) is 19.2. The molecule has 0 bridgehead atoms. The lowest BCUT2D eigenvalue weighted by Crippen LogP contribution is -2.19. The number of sulfonamides is 1. The van der Waals surface area contributed by atoms with Crippen molar-refractivity contribution in [2.75, 3.05) is 29.6 Å². The molecule has 0 fully saturated rings. The Morgan fingerprint density at radius 3 is 2.12 bits per heavy atom. The number of hydrogen-bond acceptors (Lipinski definition) is 7. The van der Waals surface area contributed by atoms with Crippen molar-refractivity contribution >= 4 is 50.1 Å². The lowest BCUT2D eigenvalue weighted by molar-refractivity contribution is -0.384. The average molecular weight is 489 g/mol. The van der Waals surface area contributed by atoms with E-state index in [0.717, 1.165) is 0 Å². The van der Waals surface area contributed by atoms with Gasteiger partial charge in [0.05, 0.1) is 35.8 Å². The van der Waals surface area contributed by atoms with Crippen molar-refractivity contribution in [3.8, 4) is 11.5 Å². The normalized spacial score (nSPS) is 10.7. The van der Waals surface area contributed by atoms with Crippen LogP contribution in [-0.4, -0.2) is 32.7 Å². The Hall–Kier alpha value is -3.90. The molecule has 0 saturated carbocycles. The second kappa shape index (κ2) is 10.1. The summed E-state index contributed by atoms with van der Waals surface area (Å²) in [4.78, 5) is 10.5. The van der Waals surface area contributed by atoms with Gasteiger partial charge in [0.1, 0.15) is 11.5 Å². The summed E-state index contributed by atoms with van der Waals surface area (Å²) in [6.07, 6.45) is 0. The van der Waals surface area contributed by atoms with Crippen LogP contribution < -0.4 is 24.8 Å². The molecule has 0 spiro atoms. The third-order valence-corrected chi connectivity index (χ3v) is 6.01. The summed E-state index contributed by atoms with van der Waals surface area (Å²) in [5, 5.41) is 16.9. The SMILES string of the molecule is COc1ccc(NS(=O)(=O)c2ccc(NC(=S)Nc3ccc([N+](=O)[O-])cc3OC)cc2)cc1. The van der Waals surface area contributed by atoms with Gasteiger partial charge in [0.2, 0.25) is 0 Å². The summed E-state index contributed by atoms with van der Waals surface area (Å²) in [7, 11) is -0.871. The quantitative estimate of drug-likeness (QED) is 0.242. The lowest BCUT2D eigenvalue weighted by Gasteiger charge is -2.14. The van der Waals surface area contributed by atoms with E-state index < -0.39 is 14.9 Å². The summed E-state index contributed by atoms with van der Waals surface area (Å²) in [5.41, 5.74) is 1.26. The number of nitro benzene ring substituents is 1. The fourth-order valence-corrected chi connectivity index (χ4v) is 4.06. The number of thiocarbonyl (C=S) groups is 1. The first-order valence-corrected chi connectivity index (χ1v) is 11.3. The molecular formula is C21H20N4O6S2. The molecule has 172 valence electrons. The molecule has 0 radical (unpaired) electrons. The number of anilines is 3. The summed E-state index contributed by atoms with van der Waals surface area (Å²) >= 11 is 5.27. The van der Waals surface area contributed by atoms with E-state index in [0.29, 0.717) is 22.8 Å². The van der Waals surface area contributed by atoms with E-state index in [1.54, 1.807) is 36.4 Å². The maximum atomic E-state index is 12.6. The van der Waals surface area contributed by atoms with Crippen molar-refractivity contribution in [3.05, 3.63) is 76.8 Å². The van der Waals surface area contributed by atoms with E-state index >= 15 is 0 Å². The predicted molar refractivity (Wildman–Crippen MR) is 130 cm³/mol. The van der Waals surface area contributed by atoms with Gasteiger partial charge in [-0.25, -0.2) is 8.42 Å². The van der Waals surface area contributed by atoms with Gasteiger partial charge in [-0.1, -0.05) is 0 Å². The predicted octanol–water partition coefficient (Wildman–Crippen LogP) is 4.22. The van der Waals surface area contributed by atoms with Crippen LogP contribution in [0.1, 0.15) is 0 Å². The summed E-state index contributed by atoms with van der Waals surface area (Å²) in [5.74, 6) is 0.865. The van der Waals surface area contributed by atoms with Crippen LogP contribution in [0.25, 0.3) is 0 Å². The van der Waals surface area contributed by atoms with Gasteiger partial charge in [-0.15, -0.1) is 0 Å². The smallest absolute Gasteiger partial charge is 0.273 e. The standard InChI is InChI=1S/C21H20N4O6S2/c1-30-17-8-3-15(4-9-17)24-33(28,29)18-10-5-14(6-11-18)22-21(32)23-19-12-7-16(25(26)27)13-20(19)31-2/h3-13,24H,1-2H3,(H2,22,23,32). The molecule has 3 aromatic rings. The fraction of sp³-hybridized carbons (Fsp3) is 0.0952. The Morgan fingerprint density at radius 2 is 1.55 bits per heavy atom. The number of non-ortho nitro benzene ring substituents is 1. The van der Waals surface area contributed by atoms with Crippen molar-refractivity contribution < 1.29 is 22.8 Å². The van der Waals surface area contributed by atoms with Crippen LogP contribution in [0.2, 0.25) is 0 Å². The molecule has 0 aromatic heterocycles. The van der Waals surface area contributed by atoms with Crippen molar-refractivity contribution in [2.24, 2.45) is 0 Å². The number of methoxy groups -OCH3 is 2. The van der Waals surface area contributed by atoms with Crippen molar-refractivity contribution in [1.29, 1.82) is 0 Å². The van der Waals surface area contributed by atoms with Crippen LogP contribution in [-0.2, 0) is 10.0 Å². The van der Waals surface area contributed by atoms with E-state index in [1.165, 1.54) is 44.6 Å². The Bertz CT molecular complexity index is 1260. The van der Waals surface area contributed by atoms with E-state index in [9.17, 15) is 18.5 Å². The van der Waals surface area contributed by atoms with Gasteiger partial charge < -0.3 is 20.1 Å². The molecule has 0 amide bonds. The molecule has 0 aliphatic rings. The van der Waals surface area contributed by atoms with Gasteiger partial charge in [-0.2, -0.15) is 0 Å². The Morgan fingerprint density at radius 1 is 0.909 bits per heavy atom. The Labute approximate surface area is 195 Å². The molecule has 33 heavy (non-hydrogen) atoms. The van der Waals surface area contributed by atoms with Gasteiger partial charge in [-0.3, -0.25) is 14.8 Å². The maximum absolute atomic E-state index is 12.6. The molecule has 0 aliphatic carbocycles. The van der Waals surface area contributed by atoms with Gasteiger partial charge in [-0.05, 0) is 66.8 Å². The number of ether oxygens (including phenoxy) is 2. The second-order valence-corrected chi connectivity index (χ2v) is 8.67. The second-order valence-electron chi connectivity index (χ2n) is 6.58. The zero-order valence-electron chi connectivity index (χ0n) is 17.6. The highest BCUT2D eigenvalue weighted by atomic mass is 32.2. The number of nitrogens with one attached hydrogen (secondary N) is 3. The highest BCUT2D eigenvalue weighted by Crippen LogP contribution is 2.29. The number of nitro groups is 1. The monoisotopic (exact) mass is 488 g/mol. The van der Waals surface area contributed by atoms with Gasteiger partial charge in [0.25, 0.3) is 15.7 Å². The molecule has 3 aromatic carbocycles. The topological polar surface area (TPSA) is 132 Å². The van der Waals surface area contributed by atoms with Crippen LogP contribution in [0, 0.1) is 10.1 Å². The molecule has 3 rings (SSSR count). The van der Waals surface area contributed by atoms with Crippen molar-refractivity contribution in [2.45, 2.75) is 4.90 Å². The van der Waals surface area contributed by atoms with Gasteiger partial charge in [0.15, 0.2) is 5.11 Å². The average Bonchev–Trinajstić information content (AvgIpc) is 2.79. The minimum atomic E-state index is -3.79. The Balaban J connectivity index is 1.66. The van der Waals surface area contributed by atoms with Crippen LogP contribution >= 0.6 is 12.2 Å². The molecule has 10 nitrogen and oxygen atoms in total. The molecule has 12 heteroatoms. The first kappa shape index (κ1) is 23.8. The summed E-state index contributed by atoms with van der Waals surface area (Å²) in [6, 6.07) is 16.6. The summed E-state index contributed by atoms with van der Waals surface area (Å²) in [6.45, 7) is 0. The van der Waals surface area contributed by atoms with Crippen LogP contribution in [0.15, 0.2) is 71.6 Å². The van der Waals surface area contributed by atoms with Crippen LogP contribution in [0.3, 0.4) is 0 Å². The molecule has 0 unspecified atom stereocenters. The van der Waals surface area contributed by atoms with Gasteiger partial charge in [0, 0.05) is 17.4 Å². The number of nitrogens with zero attached hydrogens (tertiary/aromatic N) is 1. The largest absolute Gasteiger partial charge is 0.497 e. The minimum Gasteiger partial charge on any atom is -0.497 e. The van der Waals surface area contributed by atoms with E-state index in [4.69, 9.17) is 21.7 Å². The highest BCUT2D eigenvalue weighted by Gasteiger charge is 2.15. The number of hydrogen-bond donors (Lipinski definition) is 3. The summed E-state index contributed by atoms with van der Waals surface area (Å²) < 4.78 is 38.0. The van der Waals surface area contributed by atoms with Gasteiger partial charge >= 0.3 is 0 Å². The first-order chi connectivity index (χ1) is 15.7. The van der Waals surface area contributed by atoms with E-state index in [2.05, 4.69) is 15.4 Å². The number of rotatable bonds is 8. The van der Waals surface area contributed by atoms with E-state index in [-0.39, 0.29) is 21.4 Å². The molecule has 0 saturated heterocycles. The van der Waals surface area contributed by atoms with Crippen LogP contribution in [0.5, 0.6) is 11.5 Å². The molecule has 0 heterocycles. The maximum Gasteiger partial charge on any atom is 0.273 e. The molecule has 3 N–H and O–H groups in total. The first-order valence-electron chi connectivity index (χ1n) is 9.39. The number of benzene rings is 3. The third kappa shape index (κ3) is 6.08. The molecular weight excluding hydrogens is 468 g/mol. The van der Waals surface area contributed by atoms with Crippen molar-refractivity contribution in [1.82, 2.24) is 0 Å². The van der Waals surface area contributed by atoms with E-state index in [1.807, 2.05) is 0 Å². The fourth-order valence-electron chi connectivity index (χ4n) is 2.77.